The molecule has 0 aliphatic carbocycles. The summed E-state index contributed by atoms with van der Waals surface area (Å²) in [6.07, 6.45) is 1.39. The lowest BCUT2D eigenvalue weighted by atomic mass is 10.1. The molecule has 0 atom stereocenters. The van der Waals surface area contributed by atoms with Crippen LogP contribution in [0.25, 0.3) is 0 Å². The number of halogens is 2. The molecule has 35 heavy (non-hydrogen) atoms. The minimum Gasteiger partial charge on any atom is -0.493 e. The Hall–Kier alpha value is -3.34. The van der Waals surface area contributed by atoms with Gasteiger partial charge < -0.3 is 29.6 Å². The number of methoxy groups -OCH3 is 1. The number of hydrogen-bond donors (Lipinski definition) is 2. The molecular formula is C24H25ClFN5O4. The molecule has 184 valence electrons. The van der Waals surface area contributed by atoms with Gasteiger partial charge in [0.1, 0.15) is 30.2 Å². The Morgan fingerprint density at radius 2 is 2.03 bits per heavy atom. The van der Waals surface area contributed by atoms with Gasteiger partial charge in [-0.25, -0.2) is 9.37 Å². The number of ether oxygens (including phenoxy) is 4. The van der Waals surface area contributed by atoms with Crippen LogP contribution >= 0.6 is 11.6 Å². The van der Waals surface area contributed by atoms with Crippen LogP contribution in [0.2, 0.25) is 5.02 Å². The molecule has 1 fully saturated rings. The van der Waals surface area contributed by atoms with Crippen molar-refractivity contribution in [2.45, 2.75) is 6.54 Å². The molecule has 0 radical (unpaired) electrons. The van der Waals surface area contributed by atoms with Crippen molar-refractivity contribution >= 4 is 28.8 Å². The van der Waals surface area contributed by atoms with Gasteiger partial charge in [0, 0.05) is 43.5 Å². The fraction of sp³-hybridized carbons (Fsp3) is 0.333. The van der Waals surface area contributed by atoms with Crippen LogP contribution in [0.15, 0.2) is 36.7 Å². The number of rotatable bonds is 7. The minimum absolute atomic E-state index is 0.0139. The quantitative estimate of drug-likeness (QED) is 0.487. The fourth-order valence-corrected chi connectivity index (χ4v) is 4.08. The van der Waals surface area contributed by atoms with Gasteiger partial charge in [0.15, 0.2) is 17.3 Å². The average molecular weight is 502 g/mol. The van der Waals surface area contributed by atoms with E-state index in [1.807, 2.05) is 6.07 Å². The molecular weight excluding hydrogens is 477 g/mol. The van der Waals surface area contributed by atoms with Crippen LogP contribution in [0.3, 0.4) is 0 Å². The number of nitrogens with one attached hydrogen (secondary N) is 2. The summed E-state index contributed by atoms with van der Waals surface area (Å²) in [4.78, 5) is 10.9. The zero-order valence-corrected chi connectivity index (χ0v) is 19.9. The Balaban J connectivity index is 1.33. The second-order valence-corrected chi connectivity index (χ2v) is 8.43. The number of aromatic nitrogens is 2. The first-order valence-corrected chi connectivity index (χ1v) is 11.6. The highest BCUT2D eigenvalue weighted by Gasteiger charge is 2.22. The Morgan fingerprint density at radius 1 is 1.17 bits per heavy atom. The van der Waals surface area contributed by atoms with E-state index in [-0.39, 0.29) is 5.02 Å². The van der Waals surface area contributed by atoms with Crippen molar-refractivity contribution in [1.82, 2.24) is 14.9 Å². The fourth-order valence-electron chi connectivity index (χ4n) is 3.90. The van der Waals surface area contributed by atoms with Crippen LogP contribution in [0.4, 0.5) is 21.6 Å². The highest BCUT2D eigenvalue weighted by Crippen LogP contribution is 2.42. The smallest absolute Gasteiger partial charge is 0.248 e. The average Bonchev–Trinajstić information content (AvgIpc) is 3.06. The summed E-state index contributed by atoms with van der Waals surface area (Å²) < 4.78 is 36.7. The van der Waals surface area contributed by atoms with E-state index in [1.54, 1.807) is 19.2 Å². The molecule has 3 heterocycles. The van der Waals surface area contributed by atoms with Crippen molar-refractivity contribution < 1.29 is 23.3 Å². The number of benzene rings is 2. The van der Waals surface area contributed by atoms with Gasteiger partial charge in [-0.3, -0.25) is 4.90 Å². The maximum Gasteiger partial charge on any atom is 0.248 e. The third-order valence-corrected chi connectivity index (χ3v) is 6.06. The lowest BCUT2D eigenvalue weighted by Gasteiger charge is -2.26. The van der Waals surface area contributed by atoms with Crippen molar-refractivity contribution in [3.8, 4) is 23.1 Å². The zero-order valence-electron chi connectivity index (χ0n) is 19.1. The third kappa shape index (κ3) is 5.34. The largest absolute Gasteiger partial charge is 0.493 e. The highest BCUT2D eigenvalue weighted by atomic mass is 35.5. The number of hydrogen-bond acceptors (Lipinski definition) is 9. The Bertz CT molecular complexity index is 1210. The summed E-state index contributed by atoms with van der Waals surface area (Å²) in [5, 5.41) is 6.48. The van der Waals surface area contributed by atoms with E-state index < -0.39 is 5.82 Å². The van der Waals surface area contributed by atoms with E-state index in [0.29, 0.717) is 53.5 Å². The molecule has 1 saturated heterocycles. The van der Waals surface area contributed by atoms with Gasteiger partial charge >= 0.3 is 0 Å². The molecule has 11 heteroatoms. The molecule has 0 saturated carbocycles. The predicted molar refractivity (Wildman–Crippen MR) is 130 cm³/mol. The lowest BCUT2D eigenvalue weighted by molar-refractivity contribution is 0.0321. The van der Waals surface area contributed by atoms with E-state index in [2.05, 4.69) is 25.5 Å². The van der Waals surface area contributed by atoms with E-state index in [4.69, 9.17) is 30.5 Å². The number of fused-ring (bicyclic) bond motifs is 2. The highest BCUT2D eigenvalue weighted by molar-refractivity contribution is 6.31. The summed E-state index contributed by atoms with van der Waals surface area (Å²) >= 11 is 5.91. The maximum atomic E-state index is 13.5. The van der Waals surface area contributed by atoms with Gasteiger partial charge in [0.05, 0.1) is 25.3 Å². The molecule has 0 bridgehead atoms. The molecule has 9 nitrogen and oxygen atoms in total. The Labute approximate surface area is 207 Å². The SMILES string of the molecule is COc1cc2c(cc1OCCN1CCOCC1)CNc1c(Nc3ccc(F)c(Cl)c3)ncnc1O2. The van der Waals surface area contributed by atoms with Crippen LogP contribution in [0.1, 0.15) is 5.56 Å². The van der Waals surface area contributed by atoms with Gasteiger partial charge in [0.2, 0.25) is 5.88 Å². The molecule has 3 aromatic rings. The van der Waals surface area contributed by atoms with Crippen LogP contribution < -0.4 is 24.8 Å². The topological polar surface area (TPSA) is 90.0 Å². The second-order valence-electron chi connectivity index (χ2n) is 8.03. The lowest BCUT2D eigenvalue weighted by Crippen LogP contribution is -2.38. The van der Waals surface area contributed by atoms with E-state index in [9.17, 15) is 4.39 Å². The van der Waals surface area contributed by atoms with E-state index in [0.717, 1.165) is 38.4 Å². The van der Waals surface area contributed by atoms with Gasteiger partial charge in [0.25, 0.3) is 0 Å². The number of nitrogens with zero attached hydrogens (tertiary/aromatic N) is 3. The Morgan fingerprint density at radius 3 is 2.83 bits per heavy atom. The molecule has 0 unspecified atom stereocenters. The van der Waals surface area contributed by atoms with Crippen LogP contribution in [0.5, 0.6) is 23.1 Å². The zero-order chi connectivity index (χ0) is 24.2. The van der Waals surface area contributed by atoms with Gasteiger partial charge in [-0.1, -0.05) is 11.6 Å². The number of morpholine rings is 1. The van der Waals surface area contributed by atoms with Crippen molar-refractivity contribution in [2.75, 3.05) is 57.2 Å². The van der Waals surface area contributed by atoms with Gasteiger partial charge in [-0.15, -0.1) is 0 Å². The van der Waals surface area contributed by atoms with Crippen molar-refractivity contribution in [1.29, 1.82) is 0 Å². The molecule has 5 rings (SSSR count). The van der Waals surface area contributed by atoms with Crippen LogP contribution in [-0.4, -0.2) is 61.4 Å². The molecule has 2 aromatic carbocycles. The first-order chi connectivity index (χ1) is 17.1. The summed E-state index contributed by atoms with van der Waals surface area (Å²) in [5.41, 5.74) is 2.03. The summed E-state index contributed by atoms with van der Waals surface area (Å²) in [7, 11) is 1.59. The summed E-state index contributed by atoms with van der Waals surface area (Å²) in [6.45, 7) is 5.09. The second kappa shape index (κ2) is 10.5. The molecule has 2 N–H and O–H groups in total. The first kappa shape index (κ1) is 23.4. The maximum absolute atomic E-state index is 13.5. The monoisotopic (exact) mass is 501 g/mol. The predicted octanol–water partition coefficient (Wildman–Crippen LogP) is 4.45. The van der Waals surface area contributed by atoms with Gasteiger partial charge in [-0.05, 0) is 24.3 Å². The van der Waals surface area contributed by atoms with Crippen molar-refractivity contribution in [3.05, 3.63) is 53.1 Å². The van der Waals surface area contributed by atoms with Gasteiger partial charge in [-0.2, -0.15) is 4.98 Å². The van der Waals surface area contributed by atoms with Crippen LogP contribution in [-0.2, 0) is 11.3 Å². The molecule has 0 spiro atoms. The molecule has 0 amide bonds. The van der Waals surface area contributed by atoms with Crippen LogP contribution in [0, 0.1) is 5.82 Å². The standard InChI is InChI=1S/C24H25ClFN5O4/c1-32-20-12-19-15(10-21(20)34-9-6-31-4-7-33-8-5-31)13-27-22-23(28-14-29-24(22)35-19)30-16-2-3-18(26)17(25)11-16/h2-3,10-12,14,27H,4-9,13H2,1H3,(H,28,29,30). The summed E-state index contributed by atoms with van der Waals surface area (Å²) in [6, 6.07) is 8.06. The summed E-state index contributed by atoms with van der Waals surface area (Å²) in [5.74, 6) is 2.14. The minimum atomic E-state index is -0.493. The van der Waals surface area contributed by atoms with E-state index >= 15 is 0 Å². The Kier molecular flexibility index (Phi) is 7.03. The number of anilines is 3. The molecule has 1 aromatic heterocycles. The van der Waals surface area contributed by atoms with E-state index in [1.165, 1.54) is 18.5 Å². The van der Waals surface area contributed by atoms with Crippen molar-refractivity contribution in [3.63, 3.8) is 0 Å². The molecule has 2 aliphatic heterocycles. The first-order valence-electron chi connectivity index (χ1n) is 11.2. The van der Waals surface area contributed by atoms with Crippen molar-refractivity contribution in [2.24, 2.45) is 0 Å². The third-order valence-electron chi connectivity index (χ3n) is 5.77. The molecule has 2 aliphatic rings. The normalized spacial score (nSPS) is 15.2.